The molecule has 0 aromatic carbocycles. The van der Waals surface area contributed by atoms with Gasteiger partial charge in [0.2, 0.25) is 11.8 Å². The maximum absolute atomic E-state index is 12.4. The number of carbonyl (C=O) groups is 3. The van der Waals surface area contributed by atoms with Gasteiger partial charge < -0.3 is 20.3 Å². The van der Waals surface area contributed by atoms with Crippen LogP contribution in [0.25, 0.3) is 0 Å². The summed E-state index contributed by atoms with van der Waals surface area (Å²) < 4.78 is 5.13. The lowest BCUT2D eigenvalue weighted by Crippen LogP contribution is -2.43. The second-order valence-electron chi connectivity index (χ2n) is 8.73. The van der Waals surface area contributed by atoms with Crippen molar-refractivity contribution >= 4 is 17.9 Å². The third-order valence-corrected chi connectivity index (χ3v) is 5.24. The lowest BCUT2D eigenvalue weighted by molar-refractivity contribution is -0.137. The molecule has 1 saturated heterocycles. The Morgan fingerprint density at radius 3 is 2.22 bits per heavy atom. The highest BCUT2D eigenvalue weighted by molar-refractivity contribution is 5.79. The highest BCUT2D eigenvalue weighted by Gasteiger charge is 2.30. The molecule has 3 amide bonds. The predicted octanol–water partition coefficient (Wildman–Crippen LogP) is 2.45. The van der Waals surface area contributed by atoms with Crippen LogP contribution in [0.3, 0.4) is 0 Å². The summed E-state index contributed by atoms with van der Waals surface area (Å²) in [6, 6.07) is 0. The first-order valence-electron chi connectivity index (χ1n) is 10.3. The average molecular weight is 382 g/mol. The fourth-order valence-corrected chi connectivity index (χ4v) is 3.73. The molecular formula is C20H35N3O4. The van der Waals surface area contributed by atoms with Gasteiger partial charge in [-0.2, -0.15) is 0 Å². The molecule has 0 spiro atoms. The summed E-state index contributed by atoms with van der Waals surface area (Å²) in [5, 5.41) is 5.53. The van der Waals surface area contributed by atoms with Gasteiger partial charge in [-0.15, -0.1) is 0 Å². The lowest BCUT2D eigenvalue weighted by atomic mass is 9.95. The monoisotopic (exact) mass is 381 g/mol. The van der Waals surface area contributed by atoms with Gasteiger partial charge in [0, 0.05) is 38.5 Å². The molecule has 0 bridgehead atoms. The van der Waals surface area contributed by atoms with E-state index in [1.807, 2.05) is 4.90 Å². The van der Waals surface area contributed by atoms with Crippen molar-refractivity contribution in [1.82, 2.24) is 15.5 Å². The van der Waals surface area contributed by atoms with Crippen LogP contribution in [0, 0.1) is 11.8 Å². The van der Waals surface area contributed by atoms with Crippen LogP contribution in [0.5, 0.6) is 0 Å². The van der Waals surface area contributed by atoms with Crippen molar-refractivity contribution in [3.05, 3.63) is 0 Å². The molecule has 1 heterocycles. The van der Waals surface area contributed by atoms with Gasteiger partial charge in [0.1, 0.15) is 5.60 Å². The number of nitrogens with one attached hydrogen (secondary N) is 2. The molecule has 2 rings (SSSR count). The first-order chi connectivity index (χ1) is 12.7. The van der Waals surface area contributed by atoms with Crippen molar-refractivity contribution in [2.24, 2.45) is 11.8 Å². The number of hydrogen-bond acceptors (Lipinski definition) is 4. The molecule has 154 valence electrons. The smallest absolute Gasteiger partial charge is 0.407 e. The normalized spacial score (nSPS) is 19.0. The Labute approximate surface area is 162 Å². The van der Waals surface area contributed by atoms with Crippen LogP contribution in [-0.2, 0) is 14.3 Å². The summed E-state index contributed by atoms with van der Waals surface area (Å²) >= 11 is 0. The molecule has 0 unspecified atom stereocenters. The topological polar surface area (TPSA) is 87.7 Å². The third-order valence-electron chi connectivity index (χ3n) is 5.24. The van der Waals surface area contributed by atoms with Crippen molar-refractivity contribution in [1.29, 1.82) is 0 Å². The molecule has 1 aliphatic heterocycles. The molecule has 0 radical (unpaired) electrons. The first kappa shape index (κ1) is 21.5. The summed E-state index contributed by atoms with van der Waals surface area (Å²) in [4.78, 5) is 37.9. The van der Waals surface area contributed by atoms with Crippen molar-refractivity contribution in [2.45, 2.75) is 71.3 Å². The number of likely N-dealkylation sites (tertiary alicyclic amines) is 1. The number of carbonyl (C=O) groups excluding carboxylic acids is 3. The van der Waals surface area contributed by atoms with Gasteiger partial charge in [0.25, 0.3) is 0 Å². The van der Waals surface area contributed by atoms with Crippen LogP contribution in [0.1, 0.15) is 65.7 Å². The second-order valence-corrected chi connectivity index (χ2v) is 8.73. The molecule has 2 fully saturated rings. The van der Waals surface area contributed by atoms with E-state index in [1.54, 1.807) is 20.8 Å². The van der Waals surface area contributed by atoms with Crippen molar-refractivity contribution in [3.8, 4) is 0 Å². The second kappa shape index (κ2) is 9.95. The highest BCUT2D eigenvalue weighted by atomic mass is 16.6. The summed E-state index contributed by atoms with van der Waals surface area (Å²) in [5.41, 5.74) is -0.541. The zero-order valence-corrected chi connectivity index (χ0v) is 17.0. The van der Waals surface area contributed by atoms with Gasteiger partial charge in [-0.1, -0.05) is 12.8 Å². The Balaban J connectivity index is 1.56. The molecule has 0 atom stereocenters. The number of hydrogen-bond donors (Lipinski definition) is 2. The quantitative estimate of drug-likeness (QED) is 0.740. The van der Waals surface area contributed by atoms with Crippen LogP contribution >= 0.6 is 0 Å². The van der Waals surface area contributed by atoms with E-state index in [1.165, 1.54) is 12.8 Å². The van der Waals surface area contributed by atoms with Gasteiger partial charge in [-0.05, 0) is 52.4 Å². The Bertz CT molecular complexity index is 516. The summed E-state index contributed by atoms with van der Waals surface area (Å²) in [7, 11) is 0. The molecule has 0 aromatic heterocycles. The maximum atomic E-state index is 12.4. The average Bonchev–Trinajstić information content (AvgIpc) is 3.13. The van der Waals surface area contributed by atoms with Crippen molar-refractivity contribution < 1.29 is 19.1 Å². The summed E-state index contributed by atoms with van der Waals surface area (Å²) in [6.45, 7) is 7.89. The Kier molecular flexibility index (Phi) is 7.92. The zero-order valence-electron chi connectivity index (χ0n) is 17.0. The minimum absolute atomic E-state index is 0.0736. The van der Waals surface area contributed by atoms with Gasteiger partial charge in [0.05, 0.1) is 0 Å². The molecule has 1 saturated carbocycles. The molecule has 0 aromatic rings. The van der Waals surface area contributed by atoms with Crippen LogP contribution in [0.15, 0.2) is 0 Å². The number of ether oxygens (including phenoxy) is 1. The van der Waals surface area contributed by atoms with Crippen molar-refractivity contribution in [3.63, 3.8) is 0 Å². The first-order valence-corrected chi connectivity index (χ1v) is 10.3. The van der Waals surface area contributed by atoms with Crippen LogP contribution in [0.4, 0.5) is 4.79 Å². The fraction of sp³-hybridized carbons (Fsp3) is 0.850. The van der Waals surface area contributed by atoms with Crippen molar-refractivity contribution in [2.75, 3.05) is 26.2 Å². The minimum Gasteiger partial charge on any atom is -0.444 e. The number of piperidine rings is 1. The van der Waals surface area contributed by atoms with E-state index in [0.717, 1.165) is 38.8 Å². The summed E-state index contributed by atoms with van der Waals surface area (Å²) in [5.74, 6) is 0.929. The third kappa shape index (κ3) is 7.77. The molecule has 1 aliphatic carbocycles. The largest absolute Gasteiger partial charge is 0.444 e. The predicted molar refractivity (Wildman–Crippen MR) is 103 cm³/mol. The highest BCUT2D eigenvalue weighted by Crippen LogP contribution is 2.28. The van der Waals surface area contributed by atoms with Gasteiger partial charge >= 0.3 is 6.09 Å². The molecule has 27 heavy (non-hydrogen) atoms. The number of rotatable bonds is 6. The minimum atomic E-state index is -0.541. The van der Waals surface area contributed by atoms with E-state index in [0.29, 0.717) is 18.4 Å². The summed E-state index contributed by atoms with van der Waals surface area (Å²) in [6.07, 6.45) is 6.07. The van der Waals surface area contributed by atoms with E-state index in [2.05, 4.69) is 10.6 Å². The van der Waals surface area contributed by atoms with Crippen LogP contribution < -0.4 is 10.6 Å². The van der Waals surface area contributed by atoms with E-state index < -0.39 is 11.7 Å². The van der Waals surface area contributed by atoms with Crippen LogP contribution in [-0.4, -0.2) is 54.6 Å². The SMILES string of the molecule is CC(C)(C)OC(=O)NCCC(=O)NCC1CCN(C(=O)C2CCCC2)CC1. The Morgan fingerprint density at radius 1 is 1.00 bits per heavy atom. The maximum Gasteiger partial charge on any atom is 0.407 e. The number of nitrogens with zero attached hydrogens (tertiary/aromatic N) is 1. The Hall–Kier alpha value is -1.79. The lowest BCUT2D eigenvalue weighted by Gasteiger charge is -2.33. The zero-order chi connectivity index (χ0) is 19.9. The molecule has 7 heteroatoms. The fourth-order valence-electron chi connectivity index (χ4n) is 3.73. The standard InChI is InChI=1S/C20H35N3O4/c1-20(2,3)27-19(26)21-11-8-17(24)22-14-15-9-12-23(13-10-15)18(25)16-6-4-5-7-16/h15-16H,4-14H2,1-3H3,(H,21,26)(H,22,24). The van der Waals surface area contributed by atoms with E-state index in [9.17, 15) is 14.4 Å². The molecule has 7 nitrogen and oxygen atoms in total. The molecular weight excluding hydrogens is 346 g/mol. The Morgan fingerprint density at radius 2 is 1.63 bits per heavy atom. The van der Waals surface area contributed by atoms with Gasteiger partial charge in [-0.3, -0.25) is 9.59 Å². The van der Waals surface area contributed by atoms with E-state index in [-0.39, 0.29) is 24.8 Å². The van der Waals surface area contributed by atoms with E-state index in [4.69, 9.17) is 4.74 Å². The number of alkyl carbamates (subject to hydrolysis) is 1. The molecule has 2 aliphatic rings. The van der Waals surface area contributed by atoms with E-state index >= 15 is 0 Å². The molecule has 2 N–H and O–H groups in total. The van der Waals surface area contributed by atoms with Crippen LogP contribution in [0.2, 0.25) is 0 Å². The number of amides is 3. The van der Waals surface area contributed by atoms with Gasteiger partial charge in [0.15, 0.2) is 0 Å². The van der Waals surface area contributed by atoms with Gasteiger partial charge in [-0.25, -0.2) is 4.79 Å².